The molecule has 34 heavy (non-hydrogen) atoms. The Labute approximate surface area is 208 Å². The summed E-state index contributed by atoms with van der Waals surface area (Å²) in [4.78, 5) is 9.68. The maximum Gasteiger partial charge on any atom is 0.472 e. The molecule has 0 heterocycles. The normalized spacial score (nSPS) is 16.1. The summed E-state index contributed by atoms with van der Waals surface area (Å²) >= 11 is 0. The summed E-state index contributed by atoms with van der Waals surface area (Å²) in [6.45, 7) is 2.88. The molecule has 0 aromatic rings. The molecule has 204 valence electrons. The molecule has 0 aromatic heterocycles. The molecule has 2 N–H and O–H groups in total. The maximum absolute atomic E-state index is 11.9. The summed E-state index contributed by atoms with van der Waals surface area (Å²) in [5, 5.41) is 9.95. The van der Waals surface area contributed by atoms with E-state index in [2.05, 4.69) is 19.1 Å². The van der Waals surface area contributed by atoms with E-state index in [1.54, 1.807) is 7.11 Å². The van der Waals surface area contributed by atoms with Gasteiger partial charge in [0, 0.05) is 7.11 Å². The second-order valence-electron chi connectivity index (χ2n) is 9.98. The Morgan fingerprint density at radius 1 is 0.882 bits per heavy atom. The molecule has 0 radical (unpaired) electrons. The molecule has 0 saturated carbocycles. The first-order chi connectivity index (χ1) is 16.1. The van der Waals surface area contributed by atoms with Gasteiger partial charge in [-0.2, -0.15) is 0 Å². The number of aliphatic hydroxyl groups excluding tert-OH is 1. The van der Waals surface area contributed by atoms with Crippen LogP contribution in [0.2, 0.25) is 0 Å². The van der Waals surface area contributed by atoms with E-state index in [0.29, 0.717) is 17.6 Å². The van der Waals surface area contributed by atoms with E-state index >= 15 is 0 Å². The molecular formula is C25H53NO7P+. The third-order valence-corrected chi connectivity index (χ3v) is 6.42. The lowest BCUT2D eigenvalue weighted by atomic mass is 10.1. The molecular weight excluding hydrogens is 457 g/mol. The van der Waals surface area contributed by atoms with Crippen molar-refractivity contribution >= 4 is 7.82 Å². The fourth-order valence-corrected chi connectivity index (χ4v) is 3.95. The average molecular weight is 511 g/mol. The summed E-state index contributed by atoms with van der Waals surface area (Å²) < 4.78 is 33.1. The number of quaternary nitrogens is 1. The van der Waals surface area contributed by atoms with Gasteiger partial charge in [-0.3, -0.25) is 9.05 Å². The van der Waals surface area contributed by atoms with Crippen molar-refractivity contribution in [1.82, 2.24) is 0 Å². The highest BCUT2D eigenvalue weighted by molar-refractivity contribution is 7.47. The molecule has 0 fully saturated rings. The number of likely N-dealkylation sites (N-methyl/N-ethyl adjacent to an activating group) is 1. The lowest BCUT2D eigenvalue weighted by Gasteiger charge is -2.24. The number of unbranched alkanes of at least 4 members (excludes halogenated alkanes) is 9. The highest BCUT2D eigenvalue weighted by atomic mass is 31.2. The number of hydrogen-bond donors (Lipinski definition) is 2. The van der Waals surface area contributed by atoms with Crippen LogP contribution in [0.1, 0.15) is 77.6 Å². The number of methoxy groups -OCH3 is 1. The zero-order chi connectivity index (χ0) is 25.7. The van der Waals surface area contributed by atoms with Gasteiger partial charge >= 0.3 is 7.82 Å². The predicted molar refractivity (Wildman–Crippen MR) is 138 cm³/mol. The highest BCUT2D eigenvalue weighted by Gasteiger charge is 2.24. The van der Waals surface area contributed by atoms with E-state index in [4.69, 9.17) is 18.5 Å². The van der Waals surface area contributed by atoms with E-state index in [-0.39, 0.29) is 25.9 Å². The number of aliphatic hydroxyl groups is 1. The molecule has 0 aromatic carbocycles. The van der Waals surface area contributed by atoms with Gasteiger partial charge in [-0.05, 0) is 19.3 Å². The van der Waals surface area contributed by atoms with E-state index in [9.17, 15) is 14.6 Å². The standard InChI is InChI=1S/C25H52NO7P/c1-6-7-8-9-10-11-12-13-14-15-16-17-18-25(30-5)23-31-21-24(27)22-33-34(28,29)32-20-19-26(2,3)4/h16-17,24-25,27H,6-15,18-23H2,1-5H3/p+1/b17-16-/t24-,25?/m0/s1. The molecule has 3 atom stereocenters. The maximum atomic E-state index is 11.9. The molecule has 9 heteroatoms. The van der Waals surface area contributed by atoms with Crippen LogP contribution >= 0.6 is 7.82 Å². The third-order valence-electron chi connectivity index (χ3n) is 5.43. The minimum absolute atomic E-state index is 0.0130. The Bertz CT molecular complexity index is 540. The van der Waals surface area contributed by atoms with E-state index in [0.717, 1.165) is 12.8 Å². The predicted octanol–water partition coefficient (Wildman–Crippen LogP) is 5.09. The van der Waals surface area contributed by atoms with Gasteiger partial charge in [-0.15, -0.1) is 0 Å². The highest BCUT2D eigenvalue weighted by Crippen LogP contribution is 2.43. The second kappa shape index (κ2) is 20.8. The molecule has 0 bridgehead atoms. The van der Waals surface area contributed by atoms with Gasteiger partial charge in [0.05, 0.1) is 47.1 Å². The van der Waals surface area contributed by atoms with Gasteiger partial charge in [0.15, 0.2) is 0 Å². The number of nitrogens with zero attached hydrogens (tertiary/aromatic N) is 1. The van der Waals surface area contributed by atoms with Crippen molar-refractivity contribution in [2.45, 2.75) is 89.8 Å². The molecule has 0 aliphatic rings. The number of rotatable bonds is 24. The molecule has 0 amide bonds. The van der Waals surface area contributed by atoms with Crippen LogP contribution in [-0.4, -0.2) is 87.9 Å². The zero-order valence-corrected chi connectivity index (χ0v) is 23.3. The first kappa shape index (κ1) is 33.7. The fourth-order valence-electron chi connectivity index (χ4n) is 3.20. The summed E-state index contributed by atoms with van der Waals surface area (Å²) in [6, 6.07) is 0. The topological polar surface area (TPSA) is 94.5 Å². The van der Waals surface area contributed by atoms with Crippen molar-refractivity contribution in [1.29, 1.82) is 0 Å². The first-order valence-corrected chi connectivity index (χ1v) is 14.4. The van der Waals surface area contributed by atoms with Crippen LogP contribution in [0.4, 0.5) is 0 Å². The minimum atomic E-state index is -4.19. The van der Waals surface area contributed by atoms with Gasteiger partial charge < -0.3 is 24.0 Å². The summed E-state index contributed by atoms with van der Waals surface area (Å²) in [6.07, 6.45) is 17.0. The summed E-state index contributed by atoms with van der Waals surface area (Å²) in [5.41, 5.74) is 0. The second-order valence-corrected chi connectivity index (χ2v) is 11.4. The van der Waals surface area contributed by atoms with E-state index in [1.807, 2.05) is 21.1 Å². The van der Waals surface area contributed by atoms with Crippen molar-refractivity contribution < 1.29 is 37.6 Å². The van der Waals surface area contributed by atoms with Gasteiger partial charge in [0.25, 0.3) is 0 Å². The minimum Gasteiger partial charge on any atom is -0.388 e. The lowest BCUT2D eigenvalue weighted by molar-refractivity contribution is -0.870. The van der Waals surface area contributed by atoms with Crippen LogP contribution in [-0.2, 0) is 23.1 Å². The third kappa shape index (κ3) is 23.4. The van der Waals surface area contributed by atoms with E-state index in [1.165, 1.54) is 57.8 Å². The van der Waals surface area contributed by atoms with Crippen LogP contribution < -0.4 is 0 Å². The average Bonchev–Trinajstić information content (AvgIpc) is 2.76. The number of allylic oxidation sites excluding steroid dienone is 1. The number of phosphoric ester groups is 1. The molecule has 2 unspecified atom stereocenters. The molecule has 0 rings (SSSR count). The molecule has 0 aliphatic heterocycles. The number of phosphoric acid groups is 1. The SMILES string of the molecule is CCCCCCCCCCC/C=C\CC(COC[C@H](O)COP(=O)(O)OCC[N+](C)(C)C)OC. The Hall–Kier alpha value is -0.310. The van der Waals surface area contributed by atoms with Crippen LogP contribution in [0.25, 0.3) is 0 Å². The van der Waals surface area contributed by atoms with E-state index < -0.39 is 13.9 Å². The summed E-state index contributed by atoms with van der Waals surface area (Å²) in [5.74, 6) is 0. The van der Waals surface area contributed by atoms with Crippen molar-refractivity contribution in [2.24, 2.45) is 0 Å². The van der Waals surface area contributed by atoms with Gasteiger partial charge in [-0.25, -0.2) is 4.57 Å². The summed E-state index contributed by atoms with van der Waals surface area (Å²) in [7, 11) is 3.31. The number of ether oxygens (including phenoxy) is 2. The van der Waals surface area contributed by atoms with Crippen molar-refractivity contribution in [3.05, 3.63) is 12.2 Å². The van der Waals surface area contributed by atoms with Crippen molar-refractivity contribution in [3.63, 3.8) is 0 Å². The van der Waals surface area contributed by atoms with Gasteiger partial charge in [0.2, 0.25) is 0 Å². The van der Waals surface area contributed by atoms with Crippen molar-refractivity contribution in [2.75, 3.05) is 61.2 Å². The molecule has 0 saturated heterocycles. The molecule has 0 spiro atoms. The van der Waals surface area contributed by atoms with Gasteiger partial charge in [0.1, 0.15) is 19.3 Å². The Kier molecular flexibility index (Phi) is 20.6. The smallest absolute Gasteiger partial charge is 0.388 e. The zero-order valence-electron chi connectivity index (χ0n) is 22.5. The monoisotopic (exact) mass is 510 g/mol. The molecule has 8 nitrogen and oxygen atoms in total. The fraction of sp³-hybridized carbons (Fsp3) is 0.920. The van der Waals surface area contributed by atoms with Crippen LogP contribution in [0.15, 0.2) is 12.2 Å². The number of hydrogen-bond acceptors (Lipinski definition) is 6. The van der Waals surface area contributed by atoms with Crippen molar-refractivity contribution in [3.8, 4) is 0 Å². The Morgan fingerprint density at radius 2 is 1.50 bits per heavy atom. The lowest BCUT2D eigenvalue weighted by Crippen LogP contribution is -2.37. The Morgan fingerprint density at radius 3 is 2.09 bits per heavy atom. The van der Waals surface area contributed by atoms with Crippen LogP contribution in [0, 0.1) is 0 Å². The first-order valence-electron chi connectivity index (χ1n) is 13.0. The molecule has 0 aliphatic carbocycles. The van der Waals surface area contributed by atoms with Gasteiger partial charge in [-0.1, -0.05) is 70.4 Å². The van der Waals surface area contributed by atoms with Crippen LogP contribution in [0.5, 0.6) is 0 Å². The van der Waals surface area contributed by atoms with Crippen LogP contribution in [0.3, 0.4) is 0 Å². The quantitative estimate of drug-likeness (QED) is 0.0809. The largest absolute Gasteiger partial charge is 0.472 e. The Balaban J connectivity index is 3.80.